The fourth-order valence-corrected chi connectivity index (χ4v) is 4.81. The zero-order valence-electron chi connectivity index (χ0n) is 15.8. The monoisotopic (exact) mass is 393 g/mol. The molecule has 0 bridgehead atoms. The topological polar surface area (TPSA) is 35.6 Å². The minimum absolute atomic E-state index is 0. The van der Waals surface area contributed by atoms with Crippen LogP contribution in [0.1, 0.15) is 58.3 Å². The number of carbonyl (C=O) groups excluding carboxylic acids is 1. The van der Waals surface area contributed by atoms with Crippen molar-refractivity contribution in [3.63, 3.8) is 0 Å². The van der Waals surface area contributed by atoms with Crippen LogP contribution in [0.25, 0.3) is 0 Å². The molecule has 0 radical (unpaired) electrons. The summed E-state index contributed by atoms with van der Waals surface area (Å²) >= 11 is 0. The lowest BCUT2D eigenvalue weighted by Gasteiger charge is -2.30. The molecule has 2 saturated heterocycles. The Hall–Kier alpha value is -0.0300. The summed E-state index contributed by atoms with van der Waals surface area (Å²) < 4.78 is 0. The van der Waals surface area contributed by atoms with Gasteiger partial charge in [0.1, 0.15) is 0 Å². The Balaban J connectivity index is 0.00000156. The van der Waals surface area contributed by atoms with E-state index in [0.717, 1.165) is 57.5 Å². The predicted molar refractivity (Wildman–Crippen MR) is 109 cm³/mol. The first-order valence-electron chi connectivity index (χ1n) is 9.96. The molecule has 0 aromatic rings. The maximum atomic E-state index is 12.7. The van der Waals surface area contributed by atoms with Crippen LogP contribution in [0.5, 0.6) is 0 Å². The second-order valence-corrected chi connectivity index (χ2v) is 7.98. The van der Waals surface area contributed by atoms with Crippen molar-refractivity contribution in [1.82, 2.24) is 15.1 Å². The van der Waals surface area contributed by atoms with Crippen molar-refractivity contribution >= 4 is 30.7 Å². The van der Waals surface area contributed by atoms with Crippen LogP contribution < -0.4 is 5.32 Å². The zero-order chi connectivity index (χ0) is 16.1. The van der Waals surface area contributed by atoms with Gasteiger partial charge in [-0.1, -0.05) is 19.8 Å². The van der Waals surface area contributed by atoms with Crippen molar-refractivity contribution in [3.8, 4) is 0 Å². The second-order valence-electron chi connectivity index (χ2n) is 7.98. The third-order valence-electron chi connectivity index (χ3n) is 6.41. The summed E-state index contributed by atoms with van der Waals surface area (Å²) in [6.45, 7) is 8.76. The Bertz CT molecular complexity index is 385. The van der Waals surface area contributed by atoms with E-state index >= 15 is 0 Å². The number of hydrogen-bond donors (Lipinski definition) is 1. The van der Waals surface area contributed by atoms with Gasteiger partial charge >= 0.3 is 0 Å². The van der Waals surface area contributed by atoms with E-state index in [9.17, 15) is 4.79 Å². The number of halogens is 2. The highest BCUT2D eigenvalue weighted by molar-refractivity contribution is 5.85. The minimum atomic E-state index is 0. The van der Waals surface area contributed by atoms with Crippen LogP contribution in [0, 0.1) is 11.8 Å². The van der Waals surface area contributed by atoms with Crippen molar-refractivity contribution in [2.75, 3.05) is 39.3 Å². The molecule has 1 atom stereocenters. The molecular formula is C19H37Cl2N3O. The van der Waals surface area contributed by atoms with Crippen molar-refractivity contribution in [3.05, 3.63) is 0 Å². The second kappa shape index (κ2) is 11.6. The SMILES string of the molecule is CC(CC(=O)N1CCCN(C2CCCC2)CC1)C1CCNCC1.Cl.Cl. The molecule has 1 saturated carbocycles. The van der Waals surface area contributed by atoms with E-state index in [0.29, 0.717) is 11.8 Å². The fraction of sp³-hybridized carbons (Fsp3) is 0.947. The van der Waals surface area contributed by atoms with Gasteiger partial charge in [-0.15, -0.1) is 24.8 Å². The van der Waals surface area contributed by atoms with Crippen LogP contribution in [0.4, 0.5) is 0 Å². The molecular weight excluding hydrogens is 357 g/mol. The highest BCUT2D eigenvalue weighted by atomic mass is 35.5. The van der Waals surface area contributed by atoms with Crippen LogP contribution in [0.3, 0.4) is 0 Å². The normalized spacial score (nSPS) is 24.9. The molecule has 1 N–H and O–H groups in total. The van der Waals surface area contributed by atoms with Gasteiger partial charge in [0, 0.05) is 38.6 Å². The third kappa shape index (κ3) is 6.57. The molecule has 4 nitrogen and oxygen atoms in total. The van der Waals surface area contributed by atoms with Gasteiger partial charge in [-0.2, -0.15) is 0 Å². The van der Waals surface area contributed by atoms with Gasteiger partial charge in [0.25, 0.3) is 0 Å². The van der Waals surface area contributed by atoms with Gasteiger partial charge in [-0.05, 0) is 57.0 Å². The average Bonchev–Trinajstić information content (AvgIpc) is 3.00. The van der Waals surface area contributed by atoms with Crippen LogP contribution in [0.15, 0.2) is 0 Å². The summed E-state index contributed by atoms with van der Waals surface area (Å²) in [5, 5.41) is 3.43. The Labute approximate surface area is 166 Å². The Kier molecular flexibility index (Phi) is 10.7. The Morgan fingerprint density at radius 2 is 1.64 bits per heavy atom. The standard InChI is InChI=1S/C19H35N3O.2ClH/c1-16(17-7-9-20-10-8-17)15-19(23)22-12-4-11-21(13-14-22)18-5-2-3-6-18;;/h16-18,20H,2-15H2,1H3;2*1H. The van der Waals surface area contributed by atoms with Crippen molar-refractivity contribution in [1.29, 1.82) is 0 Å². The van der Waals surface area contributed by atoms with E-state index in [1.54, 1.807) is 0 Å². The first-order chi connectivity index (χ1) is 11.2. The van der Waals surface area contributed by atoms with Crippen molar-refractivity contribution < 1.29 is 4.79 Å². The highest BCUT2D eigenvalue weighted by Gasteiger charge is 2.28. The number of rotatable bonds is 4. The summed E-state index contributed by atoms with van der Waals surface area (Å²) in [5.41, 5.74) is 0. The summed E-state index contributed by atoms with van der Waals surface area (Å²) in [6.07, 6.45) is 9.95. The molecule has 1 aliphatic carbocycles. The highest BCUT2D eigenvalue weighted by Crippen LogP contribution is 2.26. The molecule has 2 heterocycles. The number of hydrogen-bond acceptors (Lipinski definition) is 3. The molecule has 1 unspecified atom stereocenters. The van der Waals surface area contributed by atoms with Crippen LogP contribution in [-0.4, -0.2) is 61.0 Å². The molecule has 3 rings (SSSR count). The average molecular weight is 394 g/mol. The van der Waals surface area contributed by atoms with E-state index in [1.807, 2.05) is 0 Å². The molecule has 25 heavy (non-hydrogen) atoms. The van der Waals surface area contributed by atoms with E-state index < -0.39 is 0 Å². The summed E-state index contributed by atoms with van der Waals surface area (Å²) in [4.78, 5) is 17.5. The molecule has 0 aromatic heterocycles. The first-order valence-corrected chi connectivity index (χ1v) is 9.96. The predicted octanol–water partition coefficient (Wildman–Crippen LogP) is 3.33. The summed E-state index contributed by atoms with van der Waals surface area (Å²) in [6, 6.07) is 0.804. The summed E-state index contributed by atoms with van der Waals surface area (Å²) in [7, 11) is 0. The number of nitrogens with one attached hydrogen (secondary N) is 1. The van der Waals surface area contributed by atoms with Crippen molar-refractivity contribution in [2.45, 2.75) is 64.3 Å². The van der Waals surface area contributed by atoms with E-state index in [2.05, 4.69) is 22.0 Å². The van der Waals surface area contributed by atoms with E-state index in [1.165, 1.54) is 45.1 Å². The molecule has 1 amide bonds. The van der Waals surface area contributed by atoms with Gasteiger partial charge < -0.3 is 10.2 Å². The van der Waals surface area contributed by atoms with Crippen LogP contribution >= 0.6 is 24.8 Å². The van der Waals surface area contributed by atoms with Crippen LogP contribution in [-0.2, 0) is 4.79 Å². The van der Waals surface area contributed by atoms with Gasteiger partial charge in [0.2, 0.25) is 5.91 Å². The molecule has 6 heteroatoms. The first kappa shape index (κ1) is 23.0. The van der Waals surface area contributed by atoms with Crippen molar-refractivity contribution in [2.24, 2.45) is 11.8 Å². The molecule has 2 aliphatic heterocycles. The third-order valence-corrected chi connectivity index (χ3v) is 6.41. The Morgan fingerprint density at radius 3 is 2.32 bits per heavy atom. The minimum Gasteiger partial charge on any atom is -0.341 e. The lowest BCUT2D eigenvalue weighted by atomic mass is 9.84. The summed E-state index contributed by atoms with van der Waals surface area (Å²) in [5.74, 6) is 1.69. The maximum absolute atomic E-state index is 12.7. The lowest BCUT2D eigenvalue weighted by molar-refractivity contribution is -0.132. The van der Waals surface area contributed by atoms with E-state index in [-0.39, 0.29) is 24.8 Å². The van der Waals surface area contributed by atoms with Crippen LogP contribution in [0.2, 0.25) is 0 Å². The zero-order valence-corrected chi connectivity index (χ0v) is 17.4. The Morgan fingerprint density at radius 1 is 0.960 bits per heavy atom. The molecule has 148 valence electrons. The van der Waals surface area contributed by atoms with Gasteiger partial charge in [-0.3, -0.25) is 9.69 Å². The lowest BCUT2D eigenvalue weighted by Crippen LogP contribution is -2.39. The number of nitrogens with zero attached hydrogens (tertiary/aromatic N) is 2. The van der Waals surface area contributed by atoms with Gasteiger partial charge in [0.15, 0.2) is 0 Å². The smallest absolute Gasteiger partial charge is 0.222 e. The fourth-order valence-electron chi connectivity index (χ4n) is 4.81. The number of carbonyl (C=O) groups is 1. The molecule has 3 aliphatic rings. The number of piperidine rings is 1. The number of amides is 1. The molecule has 0 spiro atoms. The van der Waals surface area contributed by atoms with E-state index in [4.69, 9.17) is 0 Å². The quantitative estimate of drug-likeness (QED) is 0.795. The van der Waals surface area contributed by atoms with Gasteiger partial charge in [0.05, 0.1) is 0 Å². The maximum Gasteiger partial charge on any atom is 0.222 e. The molecule has 3 fully saturated rings. The molecule has 0 aromatic carbocycles. The largest absolute Gasteiger partial charge is 0.341 e. The van der Waals surface area contributed by atoms with Gasteiger partial charge in [-0.25, -0.2) is 0 Å².